The fraction of sp³-hybridized carbons (Fsp3) is 0.750. The van der Waals surface area contributed by atoms with Gasteiger partial charge < -0.3 is 9.09 Å². The zero-order valence-electron chi connectivity index (χ0n) is 17.8. The number of nitrogens with zero attached hydrogens (tertiary/aromatic N) is 5. The third kappa shape index (κ3) is 3.52. The highest BCUT2D eigenvalue weighted by Crippen LogP contribution is 2.52. The maximum atomic E-state index is 13.5. The summed E-state index contributed by atoms with van der Waals surface area (Å²) in [6.45, 7) is 9.49. The Labute approximate surface area is 172 Å². The fourth-order valence-electron chi connectivity index (χ4n) is 5.26. The monoisotopic (exact) mass is 421 g/mol. The van der Waals surface area contributed by atoms with Crippen LogP contribution in [0.3, 0.4) is 0 Å². The van der Waals surface area contributed by atoms with Crippen LogP contribution < -0.4 is 0 Å². The molecule has 0 amide bonds. The summed E-state index contributed by atoms with van der Waals surface area (Å²) < 4.78 is 36.0. The number of aromatic nitrogens is 4. The molecule has 2 aromatic heterocycles. The number of sulfonamides is 1. The molecule has 9 heteroatoms. The van der Waals surface area contributed by atoms with E-state index in [0.29, 0.717) is 30.5 Å². The largest absolute Gasteiger partial charge is 0.360 e. The van der Waals surface area contributed by atoms with Crippen molar-refractivity contribution in [3.63, 3.8) is 0 Å². The van der Waals surface area contributed by atoms with Gasteiger partial charge in [-0.25, -0.2) is 8.42 Å². The number of hydrogen-bond acceptors (Lipinski definition) is 6. The zero-order chi connectivity index (χ0) is 20.8. The minimum absolute atomic E-state index is 0.0549. The number of aryl methyl sites for hydroxylation is 2. The van der Waals surface area contributed by atoms with Crippen LogP contribution in [0, 0.1) is 25.2 Å². The number of rotatable bonds is 5. The first-order chi connectivity index (χ1) is 13.7. The fourth-order valence-corrected chi connectivity index (χ4v) is 7.11. The van der Waals surface area contributed by atoms with Crippen LogP contribution in [0.25, 0.3) is 0 Å². The lowest BCUT2D eigenvalue weighted by molar-refractivity contribution is 0.175. The minimum atomic E-state index is -3.67. The van der Waals surface area contributed by atoms with Crippen molar-refractivity contribution in [2.45, 2.75) is 77.2 Å². The highest BCUT2D eigenvalue weighted by molar-refractivity contribution is 7.89. The average molecular weight is 422 g/mol. The molecule has 2 aromatic rings. The van der Waals surface area contributed by atoms with Crippen molar-refractivity contribution in [2.24, 2.45) is 11.3 Å². The van der Waals surface area contributed by atoms with E-state index >= 15 is 0 Å². The molecule has 2 fully saturated rings. The van der Waals surface area contributed by atoms with Crippen molar-refractivity contribution in [1.29, 1.82) is 0 Å². The van der Waals surface area contributed by atoms with Gasteiger partial charge in [-0.3, -0.25) is 0 Å². The van der Waals surface area contributed by atoms with E-state index in [1.165, 1.54) is 6.42 Å². The van der Waals surface area contributed by atoms with Gasteiger partial charge in [0.1, 0.15) is 22.7 Å². The Morgan fingerprint density at radius 1 is 1.24 bits per heavy atom. The van der Waals surface area contributed by atoms with Crippen molar-refractivity contribution in [3.8, 4) is 0 Å². The molecular weight excluding hydrogens is 390 g/mol. The topological polar surface area (TPSA) is 94.1 Å². The number of hydrogen-bond donors (Lipinski definition) is 0. The molecule has 1 saturated heterocycles. The van der Waals surface area contributed by atoms with Crippen molar-refractivity contribution in [3.05, 3.63) is 23.6 Å². The van der Waals surface area contributed by atoms with E-state index in [-0.39, 0.29) is 16.2 Å². The quantitative estimate of drug-likeness (QED) is 0.735. The van der Waals surface area contributed by atoms with Gasteiger partial charge in [0.05, 0.1) is 0 Å². The van der Waals surface area contributed by atoms with Crippen molar-refractivity contribution < 1.29 is 12.9 Å². The first-order valence-corrected chi connectivity index (χ1v) is 12.0. The molecule has 8 nitrogen and oxygen atoms in total. The maximum Gasteiger partial charge on any atom is 0.248 e. The third-order valence-electron chi connectivity index (χ3n) is 6.55. The Bertz CT molecular complexity index is 953. The summed E-state index contributed by atoms with van der Waals surface area (Å²) in [4.78, 5) is 0.216. The second kappa shape index (κ2) is 7.50. The molecule has 2 aliphatic rings. The summed E-state index contributed by atoms with van der Waals surface area (Å²) in [5.74, 6) is 1.80. The molecule has 1 aliphatic heterocycles. The lowest BCUT2D eigenvalue weighted by Gasteiger charge is -2.37. The molecule has 0 aromatic carbocycles. The van der Waals surface area contributed by atoms with Crippen LogP contribution in [0.2, 0.25) is 0 Å². The van der Waals surface area contributed by atoms with Gasteiger partial charge in [-0.2, -0.15) is 4.31 Å². The molecule has 1 atom stereocenters. The Kier molecular flexibility index (Phi) is 5.31. The molecule has 0 N–H and O–H groups in total. The Hall–Kier alpha value is -1.74. The summed E-state index contributed by atoms with van der Waals surface area (Å²) >= 11 is 0. The molecule has 3 heterocycles. The molecule has 160 valence electrons. The lowest BCUT2D eigenvalue weighted by Crippen LogP contribution is -2.35. The van der Waals surface area contributed by atoms with E-state index in [9.17, 15) is 8.42 Å². The summed E-state index contributed by atoms with van der Waals surface area (Å²) in [6.07, 6.45) is 7.32. The normalized spacial score (nSPS) is 22.7. The Balaban J connectivity index is 1.73. The molecule has 1 aliphatic carbocycles. The van der Waals surface area contributed by atoms with Gasteiger partial charge >= 0.3 is 0 Å². The SMILES string of the molecule is Cc1noc(C)c1S(=O)(=O)N1CC(c2nncn2CC(C)C)C2(CCCCC2)C1. The van der Waals surface area contributed by atoms with E-state index < -0.39 is 10.0 Å². The molecule has 1 saturated carbocycles. The first kappa shape index (κ1) is 20.5. The van der Waals surface area contributed by atoms with Crippen LogP contribution in [0.5, 0.6) is 0 Å². The highest BCUT2D eigenvalue weighted by Gasteiger charge is 2.53. The van der Waals surface area contributed by atoms with E-state index in [0.717, 1.165) is 38.1 Å². The lowest BCUT2D eigenvalue weighted by atomic mass is 9.67. The maximum absolute atomic E-state index is 13.5. The zero-order valence-corrected chi connectivity index (χ0v) is 18.6. The van der Waals surface area contributed by atoms with Crippen molar-refractivity contribution >= 4 is 10.0 Å². The van der Waals surface area contributed by atoms with Gasteiger partial charge in [-0.05, 0) is 38.0 Å². The second-order valence-electron chi connectivity index (χ2n) is 9.16. The van der Waals surface area contributed by atoms with Gasteiger partial charge in [-0.15, -0.1) is 10.2 Å². The van der Waals surface area contributed by atoms with Crippen LogP contribution in [0.15, 0.2) is 15.7 Å². The van der Waals surface area contributed by atoms with E-state index in [4.69, 9.17) is 4.52 Å². The summed E-state index contributed by atoms with van der Waals surface area (Å²) in [7, 11) is -3.67. The molecule has 0 bridgehead atoms. The Morgan fingerprint density at radius 3 is 2.59 bits per heavy atom. The van der Waals surface area contributed by atoms with Crippen LogP contribution in [0.4, 0.5) is 0 Å². The van der Waals surface area contributed by atoms with Gasteiger partial charge in [-0.1, -0.05) is 38.3 Å². The molecule has 1 unspecified atom stereocenters. The van der Waals surface area contributed by atoms with E-state index in [1.54, 1.807) is 24.5 Å². The van der Waals surface area contributed by atoms with E-state index in [1.807, 2.05) is 0 Å². The minimum Gasteiger partial charge on any atom is -0.360 e. The predicted molar refractivity (Wildman–Crippen MR) is 108 cm³/mol. The highest BCUT2D eigenvalue weighted by atomic mass is 32.2. The molecule has 29 heavy (non-hydrogen) atoms. The van der Waals surface area contributed by atoms with Crippen molar-refractivity contribution in [1.82, 2.24) is 24.2 Å². The second-order valence-corrected chi connectivity index (χ2v) is 11.0. The molecule has 0 radical (unpaired) electrons. The van der Waals surface area contributed by atoms with Gasteiger partial charge in [0.25, 0.3) is 0 Å². The standard InChI is InChI=1S/C20H31N5O3S/c1-14(2)10-24-13-21-22-19(24)17-11-25(12-20(17)8-6-5-7-9-20)29(26,27)18-15(3)23-28-16(18)4/h13-14,17H,5-12H2,1-4H3. The van der Waals surface area contributed by atoms with E-state index in [2.05, 4.69) is 33.8 Å². The smallest absolute Gasteiger partial charge is 0.248 e. The van der Waals surface area contributed by atoms with Crippen molar-refractivity contribution in [2.75, 3.05) is 13.1 Å². The van der Waals surface area contributed by atoms with Gasteiger partial charge in [0, 0.05) is 25.6 Å². The average Bonchev–Trinajstić information content (AvgIpc) is 3.34. The predicted octanol–water partition coefficient (Wildman–Crippen LogP) is 3.28. The summed E-state index contributed by atoms with van der Waals surface area (Å²) in [5.41, 5.74) is 0.345. The first-order valence-electron chi connectivity index (χ1n) is 10.6. The van der Waals surface area contributed by atoms with Crippen LogP contribution >= 0.6 is 0 Å². The van der Waals surface area contributed by atoms with Crippen LogP contribution in [-0.4, -0.2) is 45.7 Å². The molecule has 4 rings (SSSR count). The Morgan fingerprint density at radius 2 is 1.97 bits per heavy atom. The molecular formula is C20H31N5O3S. The van der Waals surface area contributed by atoms with Gasteiger partial charge in [0.2, 0.25) is 10.0 Å². The summed E-state index contributed by atoms with van der Waals surface area (Å²) in [5, 5.41) is 12.5. The van der Waals surface area contributed by atoms with Gasteiger partial charge in [0.15, 0.2) is 5.76 Å². The third-order valence-corrected chi connectivity index (χ3v) is 8.61. The summed E-state index contributed by atoms with van der Waals surface area (Å²) in [6, 6.07) is 0. The van der Waals surface area contributed by atoms with Crippen LogP contribution in [-0.2, 0) is 16.6 Å². The van der Waals surface area contributed by atoms with Crippen LogP contribution in [0.1, 0.15) is 69.1 Å². The molecule has 1 spiro atoms.